The van der Waals surface area contributed by atoms with Gasteiger partial charge in [-0.2, -0.15) is 0 Å². The number of hydrogen-bond donors (Lipinski definition) is 2. The Kier molecular flexibility index (Phi) is 4.34. The van der Waals surface area contributed by atoms with Crippen molar-refractivity contribution in [2.75, 3.05) is 10.6 Å². The second-order valence-electron chi connectivity index (χ2n) is 4.69. The molecule has 4 heteroatoms. The van der Waals surface area contributed by atoms with Gasteiger partial charge in [0.15, 0.2) is 0 Å². The number of aromatic nitrogens is 2. The largest absolute Gasteiger partial charge is 0.350 e. The summed E-state index contributed by atoms with van der Waals surface area (Å²) in [5.41, 5.74) is 2.39. The van der Waals surface area contributed by atoms with E-state index in [4.69, 9.17) is 0 Å². The lowest BCUT2D eigenvalue weighted by Crippen LogP contribution is -2.28. The van der Waals surface area contributed by atoms with Crippen LogP contribution in [0.2, 0.25) is 0 Å². The molecule has 0 saturated heterocycles. The number of pyridine rings is 2. The first-order chi connectivity index (χ1) is 9.17. The monoisotopic (exact) mass is 256 g/mol. The van der Waals surface area contributed by atoms with Gasteiger partial charge in [0, 0.05) is 12.4 Å². The molecule has 0 aliphatic rings. The van der Waals surface area contributed by atoms with Gasteiger partial charge in [0.2, 0.25) is 0 Å². The van der Waals surface area contributed by atoms with E-state index in [2.05, 4.69) is 41.4 Å². The Bertz CT molecular complexity index is 492. The molecule has 0 aliphatic heterocycles. The molecule has 2 aromatic heterocycles. The van der Waals surface area contributed by atoms with E-state index < -0.39 is 0 Å². The van der Waals surface area contributed by atoms with Gasteiger partial charge in [-0.3, -0.25) is 0 Å². The molecule has 19 heavy (non-hydrogen) atoms. The number of anilines is 2. The summed E-state index contributed by atoms with van der Waals surface area (Å²) in [6, 6.07) is 8.05. The van der Waals surface area contributed by atoms with Gasteiger partial charge in [-0.1, -0.05) is 6.92 Å². The van der Waals surface area contributed by atoms with Gasteiger partial charge in [-0.25, -0.2) is 9.97 Å². The van der Waals surface area contributed by atoms with Crippen molar-refractivity contribution in [2.24, 2.45) is 0 Å². The highest BCUT2D eigenvalue weighted by Crippen LogP contribution is 2.12. The lowest BCUT2D eigenvalue weighted by atomic mass is 10.2. The summed E-state index contributed by atoms with van der Waals surface area (Å²) < 4.78 is 0. The van der Waals surface area contributed by atoms with Crippen molar-refractivity contribution in [2.45, 2.75) is 33.4 Å². The summed E-state index contributed by atoms with van der Waals surface area (Å²) in [5, 5.41) is 6.75. The van der Waals surface area contributed by atoms with E-state index in [-0.39, 0.29) is 6.17 Å². The van der Waals surface area contributed by atoms with Gasteiger partial charge >= 0.3 is 0 Å². The maximum atomic E-state index is 4.31. The van der Waals surface area contributed by atoms with Gasteiger partial charge in [0.25, 0.3) is 0 Å². The SMILES string of the molecule is CCC(Nc1cc(C)ccn1)Nc1cc(C)ccn1. The highest BCUT2D eigenvalue weighted by Gasteiger charge is 2.07. The minimum absolute atomic E-state index is 0.114. The molecule has 0 unspecified atom stereocenters. The number of aryl methyl sites for hydroxylation is 2. The maximum absolute atomic E-state index is 4.31. The van der Waals surface area contributed by atoms with Gasteiger partial charge in [0.05, 0.1) is 6.17 Å². The summed E-state index contributed by atoms with van der Waals surface area (Å²) in [6.07, 6.45) is 4.68. The van der Waals surface area contributed by atoms with Crippen LogP contribution in [0.15, 0.2) is 36.7 Å². The second kappa shape index (κ2) is 6.18. The van der Waals surface area contributed by atoms with E-state index in [0.29, 0.717) is 0 Å². The second-order valence-corrected chi connectivity index (χ2v) is 4.69. The lowest BCUT2D eigenvalue weighted by molar-refractivity contribution is 0.768. The van der Waals surface area contributed by atoms with Crippen molar-refractivity contribution < 1.29 is 0 Å². The van der Waals surface area contributed by atoms with Crippen LogP contribution in [-0.4, -0.2) is 16.1 Å². The van der Waals surface area contributed by atoms with Crippen LogP contribution in [0.25, 0.3) is 0 Å². The first-order valence-corrected chi connectivity index (χ1v) is 6.56. The third-order valence-electron chi connectivity index (χ3n) is 2.88. The topological polar surface area (TPSA) is 49.8 Å². The van der Waals surface area contributed by atoms with E-state index in [1.807, 2.05) is 36.7 Å². The molecular formula is C15H20N4. The lowest BCUT2D eigenvalue weighted by Gasteiger charge is -2.20. The summed E-state index contributed by atoms with van der Waals surface area (Å²) >= 11 is 0. The van der Waals surface area contributed by atoms with E-state index in [1.165, 1.54) is 11.1 Å². The Morgan fingerprint density at radius 2 is 1.42 bits per heavy atom. The average molecular weight is 256 g/mol. The summed E-state index contributed by atoms with van der Waals surface area (Å²) in [6.45, 7) is 6.24. The molecule has 0 radical (unpaired) electrons. The van der Waals surface area contributed by atoms with Crippen LogP contribution in [0.3, 0.4) is 0 Å². The molecule has 0 atom stereocenters. The first kappa shape index (κ1) is 13.3. The summed E-state index contributed by atoms with van der Waals surface area (Å²) in [4.78, 5) is 8.63. The highest BCUT2D eigenvalue weighted by molar-refractivity contribution is 5.43. The highest BCUT2D eigenvalue weighted by atomic mass is 15.2. The Morgan fingerprint density at radius 3 is 1.79 bits per heavy atom. The fourth-order valence-corrected chi connectivity index (χ4v) is 1.83. The molecule has 0 aliphatic carbocycles. The van der Waals surface area contributed by atoms with Crippen LogP contribution in [0, 0.1) is 13.8 Å². The Morgan fingerprint density at radius 1 is 0.947 bits per heavy atom. The number of nitrogens with one attached hydrogen (secondary N) is 2. The standard InChI is InChI=1S/C15H20N4/c1-4-13(18-14-9-11(2)5-7-16-14)19-15-10-12(3)6-8-17-15/h5-10,13H,4H2,1-3H3,(H,16,18)(H,17,19). The van der Waals surface area contributed by atoms with Crippen molar-refractivity contribution >= 4 is 11.6 Å². The van der Waals surface area contributed by atoms with Crippen molar-refractivity contribution in [1.82, 2.24) is 9.97 Å². The number of rotatable bonds is 5. The van der Waals surface area contributed by atoms with Gasteiger partial charge in [0.1, 0.15) is 11.6 Å². The van der Waals surface area contributed by atoms with Crippen LogP contribution in [0.5, 0.6) is 0 Å². The molecule has 0 aromatic carbocycles. The molecular weight excluding hydrogens is 236 g/mol. The fourth-order valence-electron chi connectivity index (χ4n) is 1.83. The van der Waals surface area contributed by atoms with Gasteiger partial charge < -0.3 is 10.6 Å². The van der Waals surface area contributed by atoms with E-state index in [1.54, 1.807) is 0 Å². The van der Waals surface area contributed by atoms with Crippen molar-refractivity contribution in [3.8, 4) is 0 Å². The molecule has 2 N–H and O–H groups in total. The van der Waals surface area contributed by atoms with Crippen molar-refractivity contribution in [1.29, 1.82) is 0 Å². The minimum Gasteiger partial charge on any atom is -0.350 e. The molecule has 4 nitrogen and oxygen atoms in total. The maximum Gasteiger partial charge on any atom is 0.127 e. The predicted molar refractivity (Wildman–Crippen MR) is 79.3 cm³/mol. The van der Waals surface area contributed by atoms with Crippen LogP contribution in [-0.2, 0) is 0 Å². The first-order valence-electron chi connectivity index (χ1n) is 6.56. The normalized spacial score (nSPS) is 10.5. The number of hydrogen-bond acceptors (Lipinski definition) is 4. The summed E-state index contributed by atoms with van der Waals surface area (Å²) in [7, 11) is 0. The van der Waals surface area contributed by atoms with Crippen LogP contribution < -0.4 is 10.6 Å². The molecule has 2 rings (SSSR count). The fraction of sp³-hybridized carbons (Fsp3) is 0.333. The van der Waals surface area contributed by atoms with Crippen LogP contribution in [0.4, 0.5) is 11.6 Å². The zero-order valence-corrected chi connectivity index (χ0v) is 11.6. The third kappa shape index (κ3) is 3.95. The van der Waals surface area contributed by atoms with Crippen molar-refractivity contribution in [3.63, 3.8) is 0 Å². The molecule has 0 bridgehead atoms. The molecule has 0 fully saturated rings. The zero-order chi connectivity index (χ0) is 13.7. The molecule has 0 spiro atoms. The summed E-state index contributed by atoms with van der Waals surface area (Å²) in [5.74, 6) is 1.76. The quantitative estimate of drug-likeness (QED) is 0.805. The molecule has 2 heterocycles. The molecule has 100 valence electrons. The zero-order valence-electron chi connectivity index (χ0n) is 11.6. The van der Waals surface area contributed by atoms with Crippen molar-refractivity contribution in [3.05, 3.63) is 47.8 Å². The van der Waals surface area contributed by atoms with E-state index >= 15 is 0 Å². The average Bonchev–Trinajstić information content (AvgIpc) is 2.38. The minimum atomic E-state index is 0.114. The van der Waals surface area contributed by atoms with Gasteiger partial charge in [-0.05, 0) is 55.7 Å². The molecule has 0 saturated carbocycles. The Labute approximate surface area is 114 Å². The smallest absolute Gasteiger partial charge is 0.127 e. The van der Waals surface area contributed by atoms with Gasteiger partial charge in [-0.15, -0.1) is 0 Å². The predicted octanol–water partition coefficient (Wildman–Crippen LogP) is 3.35. The van der Waals surface area contributed by atoms with E-state index in [9.17, 15) is 0 Å². The molecule has 0 amide bonds. The van der Waals surface area contributed by atoms with E-state index in [0.717, 1.165) is 18.1 Å². The Balaban J connectivity index is 2.04. The Hall–Kier alpha value is -2.10. The number of nitrogens with zero attached hydrogens (tertiary/aromatic N) is 2. The third-order valence-corrected chi connectivity index (χ3v) is 2.88. The van der Waals surface area contributed by atoms with Crippen LogP contribution in [0.1, 0.15) is 24.5 Å². The van der Waals surface area contributed by atoms with Crippen LogP contribution >= 0.6 is 0 Å². The molecule has 2 aromatic rings.